The van der Waals surface area contributed by atoms with E-state index in [2.05, 4.69) is 19.9 Å². The normalized spacial score (nSPS) is 29.6. The van der Waals surface area contributed by atoms with Crippen LogP contribution in [0.3, 0.4) is 0 Å². The fourth-order valence-electron chi connectivity index (χ4n) is 5.47. The van der Waals surface area contributed by atoms with Gasteiger partial charge in [-0.3, -0.25) is 0 Å². The molecular weight excluding hydrogens is 370 g/mol. The van der Waals surface area contributed by atoms with E-state index >= 15 is 0 Å². The first kappa shape index (κ1) is 25.7. The van der Waals surface area contributed by atoms with Crippen molar-refractivity contribution in [3.63, 3.8) is 0 Å². The van der Waals surface area contributed by atoms with Crippen LogP contribution in [0.15, 0.2) is 0 Å². The van der Waals surface area contributed by atoms with Crippen LogP contribution in [0.4, 0.5) is 0 Å². The Kier molecular flexibility index (Phi) is 13.0. The highest BCUT2D eigenvalue weighted by Crippen LogP contribution is 2.41. The number of hydrogen-bond acceptors (Lipinski definition) is 3. The van der Waals surface area contributed by atoms with Crippen molar-refractivity contribution in [1.82, 2.24) is 0 Å². The fourth-order valence-corrected chi connectivity index (χ4v) is 5.47. The van der Waals surface area contributed by atoms with Gasteiger partial charge in [-0.05, 0) is 63.7 Å². The van der Waals surface area contributed by atoms with Gasteiger partial charge < -0.3 is 9.47 Å². The summed E-state index contributed by atoms with van der Waals surface area (Å²) in [4.78, 5) is 0. The summed E-state index contributed by atoms with van der Waals surface area (Å²) >= 11 is 0. The molecule has 3 nitrogen and oxygen atoms in total. The summed E-state index contributed by atoms with van der Waals surface area (Å²) in [6, 6.07) is 2.68. The van der Waals surface area contributed by atoms with E-state index in [4.69, 9.17) is 9.47 Å². The van der Waals surface area contributed by atoms with Crippen LogP contribution < -0.4 is 0 Å². The summed E-state index contributed by atoms with van der Waals surface area (Å²) < 4.78 is 12.1. The van der Waals surface area contributed by atoms with Crippen molar-refractivity contribution in [2.24, 2.45) is 11.3 Å². The Balaban J connectivity index is 1.52. The Morgan fingerprint density at radius 1 is 0.733 bits per heavy atom. The highest BCUT2D eigenvalue weighted by molar-refractivity contribution is 5.01. The molecule has 0 amide bonds. The molecule has 0 aromatic carbocycles. The summed E-state index contributed by atoms with van der Waals surface area (Å²) in [6.45, 7) is 4.99. The van der Waals surface area contributed by atoms with Gasteiger partial charge in [0.1, 0.15) is 6.79 Å². The van der Waals surface area contributed by atoms with Crippen molar-refractivity contribution in [2.45, 2.75) is 148 Å². The molecule has 30 heavy (non-hydrogen) atoms. The quantitative estimate of drug-likeness (QED) is 0.198. The zero-order valence-electron chi connectivity index (χ0n) is 20.1. The van der Waals surface area contributed by atoms with Gasteiger partial charge in [-0.1, -0.05) is 78.1 Å². The number of rotatable bonds is 15. The number of nitriles is 1. The van der Waals surface area contributed by atoms with Crippen LogP contribution in [0.25, 0.3) is 0 Å². The molecule has 2 aliphatic rings. The Morgan fingerprint density at radius 3 is 1.90 bits per heavy atom. The lowest BCUT2D eigenvalue weighted by molar-refractivity contribution is -0.137. The monoisotopic (exact) mass is 419 g/mol. The van der Waals surface area contributed by atoms with Crippen LogP contribution in [0.2, 0.25) is 0 Å². The number of ether oxygens (including phenoxy) is 2. The van der Waals surface area contributed by atoms with Gasteiger partial charge in [0.05, 0.1) is 23.7 Å². The van der Waals surface area contributed by atoms with Gasteiger partial charge in [0.2, 0.25) is 0 Å². The van der Waals surface area contributed by atoms with Gasteiger partial charge in [0.25, 0.3) is 0 Å². The van der Waals surface area contributed by atoms with Gasteiger partial charge in [0, 0.05) is 0 Å². The fraction of sp³-hybridized carbons (Fsp3) is 0.963. The van der Waals surface area contributed by atoms with Gasteiger partial charge in [-0.15, -0.1) is 0 Å². The summed E-state index contributed by atoms with van der Waals surface area (Å²) in [5, 5.41) is 9.76. The van der Waals surface area contributed by atoms with Gasteiger partial charge in [-0.25, -0.2) is 0 Å². The van der Waals surface area contributed by atoms with Crippen molar-refractivity contribution in [1.29, 1.82) is 5.26 Å². The zero-order valence-corrected chi connectivity index (χ0v) is 20.1. The standard InChI is InChI=1S/C27H49NO2/c1-3-5-7-9-11-19-27(22-28)20-17-26(18-21-27)30-23-29-25-15-13-24(14-16-25)12-10-8-6-4-2/h24-26H,3-21,23H2,1-2H3/t24-,25-,26-,27-. The lowest BCUT2D eigenvalue weighted by Crippen LogP contribution is -2.31. The van der Waals surface area contributed by atoms with Crippen LogP contribution in [0, 0.1) is 22.7 Å². The molecule has 2 fully saturated rings. The predicted molar refractivity (Wildman–Crippen MR) is 125 cm³/mol. The first-order valence-corrected chi connectivity index (χ1v) is 13.4. The van der Waals surface area contributed by atoms with E-state index in [-0.39, 0.29) is 5.41 Å². The first-order chi connectivity index (χ1) is 14.7. The van der Waals surface area contributed by atoms with Gasteiger partial charge >= 0.3 is 0 Å². The molecule has 2 saturated carbocycles. The third-order valence-electron chi connectivity index (χ3n) is 7.75. The smallest absolute Gasteiger partial charge is 0.147 e. The van der Waals surface area contributed by atoms with Gasteiger partial charge in [0.15, 0.2) is 0 Å². The van der Waals surface area contributed by atoms with E-state index in [1.54, 1.807) is 0 Å². The minimum absolute atomic E-state index is 0.0809. The maximum absolute atomic E-state index is 9.76. The average Bonchev–Trinajstić information content (AvgIpc) is 2.79. The van der Waals surface area contributed by atoms with Crippen molar-refractivity contribution in [2.75, 3.05) is 6.79 Å². The summed E-state index contributed by atoms with van der Waals surface area (Å²) in [6.07, 6.45) is 24.3. The summed E-state index contributed by atoms with van der Waals surface area (Å²) in [5.41, 5.74) is -0.0809. The maximum Gasteiger partial charge on any atom is 0.147 e. The van der Waals surface area contributed by atoms with Crippen molar-refractivity contribution in [3.8, 4) is 6.07 Å². The zero-order chi connectivity index (χ0) is 21.5. The number of unbranched alkanes of at least 4 members (excludes halogenated alkanes) is 7. The third kappa shape index (κ3) is 9.69. The van der Waals surface area contributed by atoms with E-state index in [0.717, 1.165) is 38.0 Å². The van der Waals surface area contributed by atoms with Crippen molar-refractivity contribution in [3.05, 3.63) is 0 Å². The molecule has 2 aliphatic carbocycles. The lowest BCUT2D eigenvalue weighted by Gasteiger charge is -2.35. The SMILES string of the molecule is CCCCCCC[C@]1(C#N)CC[C@H](OCO[C@H]2CC[C@H](CCCCCC)CC2)CC1. The molecule has 0 radical (unpaired) electrons. The summed E-state index contributed by atoms with van der Waals surface area (Å²) in [5.74, 6) is 0.932. The molecular formula is C27H49NO2. The van der Waals surface area contributed by atoms with E-state index < -0.39 is 0 Å². The Hall–Kier alpha value is -0.590. The molecule has 3 heteroatoms. The Morgan fingerprint density at radius 2 is 1.30 bits per heavy atom. The molecule has 0 saturated heterocycles. The van der Waals surface area contributed by atoms with Crippen LogP contribution in [-0.4, -0.2) is 19.0 Å². The van der Waals surface area contributed by atoms with Crippen LogP contribution in [0.1, 0.15) is 136 Å². The van der Waals surface area contributed by atoms with Crippen molar-refractivity contribution >= 4 is 0 Å². The average molecular weight is 420 g/mol. The third-order valence-corrected chi connectivity index (χ3v) is 7.75. The second-order valence-corrected chi connectivity index (χ2v) is 10.2. The molecule has 174 valence electrons. The molecule has 0 unspecified atom stereocenters. The van der Waals surface area contributed by atoms with Gasteiger partial charge in [-0.2, -0.15) is 5.26 Å². The molecule has 0 N–H and O–H groups in total. The highest BCUT2D eigenvalue weighted by atomic mass is 16.7. The largest absolute Gasteiger partial charge is 0.352 e. The topological polar surface area (TPSA) is 42.2 Å². The number of nitrogens with zero attached hydrogens (tertiary/aromatic N) is 1. The molecule has 0 aromatic rings. The van der Waals surface area contributed by atoms with Crippen LogP contribution in [-0.2, 0) is 9.47 Å². The molecule has 2 rings (SSSR count). The first-order valence-electron chi connectivity index (χ1n) is 13.4. The van der Waals surface area contributed by atoms with E-state index in [9.17, 15) is 5.26 Å². The Labute approximate surface area is 187 Å². The molecule has 0 atom stereocenters. The molecule has 0 spiro atoms. The van der Waals surface area contributed by atoms with Crippen molar-refractivity contribution < 1.29 is 9.47 Å². The summed E-state index contributed by atoms with van der Waals surface area (Å²) in [7, 11) is 0. The molecule has 0 heterocycles. The number of hydrogen-bond donors (Lipinski definition) is 0. The minimum atomic E-state index is -0.0809. The minimum Gasteiger partial charge on any atom is -0.352 e. The lowest BCUT2D eigenvalue weighted by atomic mass is 9.71. The van der Waals surface area contributed by atoms with E-state index in [1.807, 2.05) is 0 Å². The Bertz CT molecular complexity index is 456. The van der Waals surface area contributed by atoms with Crippen LogP contribution in [0.5, 0.6) is 0 Å². The predicted octanol–water partition coefficient (Wildman–Crippen LogP) is 8.32. The van der Waals surface area contributed by atoms with E-state index in [0.29, 0.717) is 19.0 Å². The van der Waals surface area contributed by atoms with Crippen LogP contribution >= 0.6 is 0 Å². The molecule has 0 bridgehead atoms. The molecule has 0 aromatic heterocycles. The maximum atomic E-state index is 9.76. The molecule has 0 aliphatic heterocycles. The second kappa shape index (κ2) is 15.3. The highest BCUT2D eigenvalue weighted by Gasteiger charge is 2.35. The van der Waals surface area contributed by atoms with E-state index in [1.165, 1.54) is 89.9 Å². The second-order valence-electron chi connectivity index (χ2n) is 10.2.